The molecule has 0 saturated carbocycles. The van der Waals surface area contributed by atoms with Crippen LogP contribution in [-0.2, 0) is 0 Å². The van der Waals surface area contributed by atoms with E-state index >= 15 is 0 Å². The van der Waals surface area contributed by atoms with Gasteiger partial charge in [0.05, 0.1) is 0 Å². The molecule has 0 saturated heterocycles. The second-order valence-electron chi connectivity index (χ2n) is 8.18. The Labute approximate surface area is 123 Å². The van der Waals surface area contributed by atoms with Crippen LogP contribution >= 0.6 is 0 Å². The maximum absolute atomic E-state index is 2.53. The van der Waals surface area contributed by atoms with Gasteiger partial charge in [-0.3, -0.25) is 0 Å². The van der Waals surface area contributed by atoms with Crippen LogP contribution in [0.2, 0.25) is 0 Å². The minimum atomic E-state index is 0.455. The van der Waals surface area contributed by atoms with Crippen molar-refractivity contribution in [1.82, 2.24) is 0 Å². The van der Waals surface area contributed by atoms with Gasteiger partial charge in [0.2, 0.25) is 0 Å². The summed E-state index contributed by atoms with van der Waals surface area (Å²) >= 11 is 0. The lowest BCUT2D eigenvalue weighted by Gasteiger charge is -2.40. The van der Waals surface area contributed by atoms with Crippen LogP contribution < -0.4 is 0 Å². The summed E-state index contributed by atoms with van der Waals surface area (Å²) in [6.07, 6.45) is 5.40. The van der Waals surface area contributed by atoms with Crippen molar-refractivity contribution in [3.63, 3.8) is 0 Å². The van der Waals surface area contributed by atoms with Crippen molar-refractivity contribution in [2.24, 2.45) is 35.0 Å². The minimum absolute atomic E-state index is 0.455. The average Bonchev–Trinajstić information content (AvgIpc) is 2.27. The van der Waals surface area contributed by atoms with E-state index in [0.717, 1.165) is 29.6 Å². The molecule has 0 amide bonds. The highest BCUT2D eigenvalue weighted by atomic mass is 14.4. The van der Waals surface area contributed by atoms with Crippen LogP contribution in [0.5, 0.6) is 0 Å². The first-order valence-corrected chi connectivity index (χ1v) is 8.67. The Morgan fingerprint density at radius 1 is 0.737 bits per heavy atom. The van der Waals surface area contributed by atoms with E-state index < -0.39 is 0 Å². The van der Waals surface area contributed by atoms with E-state index in [1.165, 1.54) is 25.7 Å². The zero-order valence-corrected chi connectivity index (χ0v) is 15.2. The van der Waals surface area contributed by atoms with Crippen molar-refractivity contribution >= 4 is 0 Å². The van der Waals surface area contributed by atoms with E-state index in [0.29, 0.717) is 5.41 Å². The maximum Gasteiger partial charge on any atom is -0.0353 e. The second kappa shape index (κ2) is 8.32. The van der Waals surface area contributed by atoms with Crippen molar-refractivity contribution in [2.75, 3.05) is 0 Å². The molecule has 0 bridgehead atoms. The number of hydrogen-bond acceptors (Lipinski definition) is 0. The van der Waals surface area contributed by atoms with E-state index in [1.54, 1.807) is 0 Å². The lowest BCUT2D eigenvalue weighted by Crippen LogP contribution is -2.32. The van der Waals surface area contributed by atoms with Crippen LogP contribution in [0.4, 0.5) is 0 Å². The third kappa shape index (κ3) is 6.32. The molecule has 0 heterocycles. The van der Waals surface area contributed by atoms with E-state index in [4.69, 9.17) is 0 Å². The number of hydrogen-bond donors (Lipinski definition) is 0. The van der Waals surface area contributed by atoms with Crippen LogP contribution in [0.15, 0.2) is 0 Å². The van der Waals surface area contributed by atoms with Crippen molar-refractivity contribution in [1.29, 1.82) is 0 Å². The summed E-state index contributed by atoms with van der Waals surface area (Å²) in [5.41, 5.74) is 0.455. The summed E-state index contributed by atoms with van der Waals surface area (Å²) < 4.78 is 0. The molecule has 0 nitrogen and oxygen atoms in total. The summed E-state index contributed by atoms with van der Waals surface area (Å²) in [7, 11) is 0. The summed E-state index contributed by atoms with van der Waals surface area (Å²) in [6.45, 7) is 21.7. The van der Waals surface area contributed by atoms with Gasteiger partial charge in [-0.05, 0) is 41.4 Å². The Bertz CT molecular complexity index is 217. The predicted molar refractivity (Wildman–Crippen MR) is 89.4 cm³/mol. The quantitative estimate of drug-likeness (QED) is 0.454. The lowest BCUT2D eigenvalue weighted by molar-refractivity contribution is 0.0932. The zero-order chi connectivity index (χ0) is 15.2. The molecule has 3 atom stereocenters. The Kier molecular flexibility index (Phi) is 8.32. The lowest BCUT2D eigenvalue weighted by atomic mass is 9.65. The first-order valence-electron chi connectivity index (χ1n) is 8.67. The molecule has 0 N–H and O–H groups in total. The Morgan fingerprint density at radius 2 is 1.21 bits per heavy atom. The van der Waals surface area contributed by atoms with Gasteiger partial charge >= 0.3 is 0 Å². The highest BCUT2D eigenvalue weighted by Crippen LogP contribution is 2.42. The minimum Gasteiger partial charge on any atom is -0.0651 e. The second-order valence-corrected chi connectivity index (χ2v) is 8.18. The Morgan fingerprint density at radius 3 is 1.47 bits per heavy atom. The van der Waals surface area contributed by atoms with Crippen LogP contribution in [0.1, 0.15) is 88.0 Å². The van der Waals surface area contributed by atoms with E-state index in [1.807, 2.05) is 0 Å². The molecule has 0 fully saturated rings. The smallest absolute Gasteiger partial charge is 0.0353 e. The van der Waals surface area contributed by atoms with Crippen LogP contribution in [0.25, 0.3) is 0 Å². The normalized spacial score (nSPS) is 17.8. The topological polar surface area (TPSA) is 0 Å². The fourth-order valence-electron chi connectivity index (χ4n) is 4.15. The first kappa shape index (κ1) is 19.0. The third-order valence-corrected chi connectivity index (χ3v) is 5.18. The Balaban J connectivity index is 5.09. The van der Waals surface area contributed by atoms with Crippen LogP contribution in [0.3, 0.4) is 0 Å². The molecule has 0 aliphatic heterocycles. The molecule has 0 rings (SSSR count). The zero-order valence-electron chi connectivity index (χ0n) is 15.2. The molecule has 0 aliphatic rings. The highest BCUT2D eigenvalue weighted by molar-refractivity contribution is 4.83. The highest BCUT2D eigenvalue weighted by Gasteiger charge is 2.33. The fraction of sp³-hybridized carbons (Fsp3) is 1.00. The van der Waals surface area contributed by atoms with Gasteiger partial charge in [0.25, 0.3) is 0 Å². The van der Waals surface area contributed by atoms with Gasteiger partial charge in [0, 0.05) is 0 Å². The molecular weight excluding hydrogens is 228 g/mol. The van der Waals surface area contributed by atoms with E-state index in [2.05, 4.69) is 62.3 Å². The van der Waals surface area contributed by atoms with Gasteiger partial charge in [-0.25, -0.2) is 0 Å². The maximum atomic E-state index is 2.53. The monoisotopic (exact) mass is 268 g/mol. The molecular formula is C19H40. The number of rotatable bonds is 8. The molecule has 3 unspecified atom stereocenters. The van der Waals surface area contributed by atoms with Gasteiger partial charge in [0.1, 0.15) is 0 Å². The van der Waals surface area contributed by atoms with Crippen LogP contribution in [-0.4, -0.2) is 0 Å². The average molecular weight is 269 g/mol. The molecule has 0 aromatic carbocycles. The SMILES string of the molecule is CCC(CC)C(CC(C)(C)C)C(C)C(CC)C(C)C. The molecule has 0 aromatic rings. The molecule has 0 spiro atoms. The van der Waals surface area contributed by atoms with Crippen molar-refractivity contribution in [2.45, 2.75) is 88.0 Å². The Hall–Kier alpha value is 0. The van der Waals surface area contributed by atoms with E-state index in [-0.39, 0.29) is 0 Å². The van der Waals surface area contributed by atoms with Gasteiger partial charge < -0.3 is 0 Å². The fourth-order valence-corrected chi connectivity index (χ4v) is 4.15. The van der Waals surface area contributed by atoms with Crippen molar-refractivity contribution in [3.8, 4) is 0 Å². The van der Waals surface area contributed by atoms with Crippen molar-refractivity contribution in [3.05, 3.63) is 0 Å². The van der Waals surface area contributed by atoms with Crippen molar-refractivity contribution < 1.29 is 0 Å². The molecule has 0 radical (unpaired) electrons. The van der Waals surface area contributed by atoms with Crippen LogP contribution in [0, 0.1) is 35.0 Å². The first-order chi connectivity index (χ1) is 8.67. The summed E-state index contributed by atoms with van der Waals surface area (Å²) in [6, 6.07) is 0. The van der Waals surface area contributed by atoms with Gasteiger partial charge in [0.15, 0.2) is 0 Å². The van der Waals surface area contributed by atoms with Gasteiger partial charge in [-0.1, -0.05) is 81.6 Å². The summed E-state index contributed by atoms with van der Waals surface area (Å²) in [5, 5.41) is 0. The summed E-state index contributed by atoms with van der Waals surface area (Å²) in [5.74, 6) is 4.35. The molecule has 0 heteroatoms. The third-order valence-electron chi connectivity index (χ3n) is 5.18. The molecule has 116 valence electrons. The standard InChI is InChI=1S/C19H40/c1-10-16(11-2)18(13-19(7,8)9)15(6)17(12-3)14(4)5/h14-18H,10-13H2,1-9H3. The molecule has 19 heavy (non-hydrogen) atoms. The predicted octanol–water partition coefficient (Wildman–Crippen LogP) is 6.79. The largest absolute Gasteiger partial charge is 0.0651 e. The van der Waals surface area contributed by atoms with Gasteiger partial charge in [-0.2, -0.15) is 0 Å². The molecule has 0 aliphatic carbocycles. The molecule has 0 aromatic heterocycles. The summed E-state index contributed by atoms with van der Waals surface area (Å²) in [4.78, 5) is 0. The van der Waals surface area contributed by atoms with E-state index in [9.17, 15) is 0 Å². The van der Waals surface area contributed by atoms with Gasteiger partial charge in [-0.15, -0.1) is 0 Å².